The molecule has 0 saturated heterocycles. The zero-order valence-electron chi connectivity index (χ0n) is 14.7. The summed E-state index contributed by atoms with van der Waals surface area (Å²) >= 11 is 0. The Labute approximate surface area is 154 Å². The monoisotopic (exact) mass is 368 g/mol. The van der Waals surface area contributed by atoms with Crippen LogP contribution >= 0.6 is 0 Å². The standard InChI is InChI=1S/C20H16O7/c1-11-14-8-13(24-9-18(21)23-2)4-6-15(14)27-20(22)19(11)12-3-5-16-17(7-12)26-10-25-16/h3-8H,9-10H2,1-2H3. The van der Waals surface area contributed by atoms with E-state index in [1.807, 2.05) is 6.92 Å². The van der Waals surface area contributed by atoms with Crippen LogP contribution in [0.15, 0.2) is 45.6 Å². The van der Waals surface area contributed by atoms with E-state index in [9.17, 15) is 9.59 Å². The summed E-state index contributed by atoms with van der Waals surface area (Å²) < 4.78 is 26.2. The number of carbonyl (C=O) groups is 1. The zero-order chi connectivity index (χ0) is 19.0. The first-order chi connectivity index (χ1) is 13.1. The molecule has 0 aliphatic carbocycles. The summed E-state index contributed by atoms with van der Waals surface area (Å²) in [6, 6.07) is 10.3. The van der Waals surface area contributed by atoms with Crippen molar-refractivity contribution in [3.63, 3.8) is 0 Å². The highest BCUT2D eigenvalue weighted by molar-refractivity contribution is 5.88. The number of ether oxygens (including phenoxy) is 4. The molecule has 0 fully saturated rings. The van der Waals surface area contributed by atoms with E-state index in [0.29, 0.717) is 39.3 Å². The average Bonchev–Trinajstić information content (AvgIpc) is 3.14. The second-order valence-electron chi connectivity index (χ2n) is 5.98. The molecule has 2 heterocycles. The van der Waals surface area contributed by atoms with Crippen molar-refractivity contribution >= 4 is 16.9 Å². The number of aryl methyl sites for hydroxylation is 1. The second kappa shape index (κ2) is 6.68. The molecule has 0 atom stereocenters. The normalized spacial score (nSPS) is 12.2. The van der Waals surface area contributed by atoms with Crippen LogP contribution in [0.4, 0.5) is 0 Å². The summed E-state index contributed by atoms with van der Waals surface area (Å²) in [7, 11) is 1.29. The molecule has 1 aromatic heterocycles. The third-order valence-electron chi connectivity index (χ3n) is 4.38. The molecule has 7 nitrogen and oxygen atoms in total. The van der Waals surface area contributed by atoms with Gasteiger partial charge in [0.05, 0.1) is 12.7 Å². The maximum atomic E-state index is 12.6. The lowest BCUT2D eigenvalue weighted by Crippen LogP contribution is -2.12. The molecule has 1 aliphatic rings. The van der Waals surface area contributed by atoms with Crippen molar-refractivity contribution in [2.75, 3.05) is 20.5 Å². The van der Waals surface area contributed by atoms with Crippen LogP contribution in [-0.4, -0.2) is 26.5 Å². The van der Waals surface area contributed by atoms with Crippen molar-refractivity contribution in [2.24, 2.45) is 0 Å². The summed E-state index contributed by atoms with van der Waals surface area (Å²) in [6.45, 7) is 1.79. The average molecular weight is 368 g/mol. The minimum atomic E-state index is -0.479. The van der Waals surface area contributed by atoms with Gasteiger partial charge in [0.1, 0.15) is 11.3 Å². The van der Waals surface area contributed by atoms with E-state index in [1.54, 1.807) is 36.4 Å². The van der Waals surface area contributed by atoms with Gasteiger partial charge in [0.25, 0.3) is 0 Å². The maximum absolute atomic E-state index is 12.6. The van der Waals surface area contributed by atoms with Gasteiger partial charge in [-0.2, -0.15) is 0 Å². The molecule has 138 valence electrons. The Hall–Kier alpha value is -3.48. The van der Waals surface area contributed by atoms with Crippen molar-refractivity contribution < 1.29 is 28.2 Å². The van der Waals surface area contributed by atoms with E-state index < -0.39 is 11.6 Å². The summed E-state index contributed by atoms with van der Waals surface area (Å²) in [4.78, 5) is 23.8. The van der Waals surface area contributed by atoms with Crippen molar-refractivity contribution in [3.8, 4) is 28.4 Å². The fourth-order valence-electron chi connectivity index (χ4n) is 3.01. The van der Waals surface area contributed by atoms with Crippen molar-refractivity contribution in [1.82, 2.24) is 0 Å². The van der Waals surface area contributed by atoms with Crippen LogP contribution in [-0.2, 0) is 9.53 Å². The van der Waals surface area contributed by atoms with Gasteiger partial charge in [0, 0.05) is 5.39 Å². The first-order valence-corrected chi connectivity index (χ1v) is 8.24. The van der Waals surface area contributed by atoms with Crippen molar-refractivity contribution in [1.29, 1.82) is 0 Å². The Bertz CT molecular complexity index is 1100. The lowest BCUT2D eigenvalue weighted by molar-refractivity contribution is -0.142. The molecule has 0 saturated carbocycles. The predicted molar refractivity (Wildman–Crippen MR) is 96.3 cm³/mol. The van der Waals surface area contributed by atoms with Gasteiger partial charge in [-0.05, 0) is 48.4 Å². The fraction of sp³-hybridized carbons (Fsp3) is 0.200. The molecule has 2 aromatic carbocycles. The minimum Gasteiger partial charge on any atom is -0.482 e. The minimum absolute atomic E-state index is 0.158. The van der Waals surface area contributed by atoms with Gasteiger partial charge in [-0.3, -0.25) is 0 Å². The van der Waals surface area contributed by atoms with Crippen LogP contribution in [0, 0.1) is 6.92 Å². The number of hydrogen-bond donors (Lipinski definition) is 0. The number of methoxy groups -OCH3 is 1. The maximum Gasteiger partial charge on any atom is 0.344 e. The van der Waals surface area contributed by atoms with Gasteiger partial charge < -0.3 is 23.4 Å². The van der Waals surface area contributed by atoms with Gasteiger partial charge in [-0.1, -0.05) is 6.07 Å². The number of benzene rings is 2. The number of rotatable bonds is 4. The highest BCUT2D eigenvalue weighted by atomic mass is 16.7. The van der Waals surface area contributed by atoms with E-state index in [2.05, 4.69) is 4.74 Å². The summed E-state index contributed by atoms with van der Waals surface area (Å²) in [5.74, 6) is 1.22. The third-order valence-corrected chi connectivity index (χ3v) is 4.38. The van der Waals surface area contributed by atoms with Gasteiger partial charge in [-0.15, -0.1) is 0 Å². The van der Waals surface area contributed by atoms with Gasteiger partial charge in [0.2, 0.25) is 6.79 Å². The van der Waals surface area contributed by atoms with E-state index in [0.717, 1.165) is 5.56 Å². The van der Waals surface area contributed by atoms with Gasteiger partial charge in [-0.25, -0.2) is 9.59 Å². The molecule has 4 rings (SSSR count). The molecule has 1 aliphatic heterocycles. The molecule has 3 aromatic rings. The van der Waals surface area contributed by atoms with E-state index in [4.69, 9.17) is 18.6 Å². The number of esters is 1. The summed E-state index contributed by atoms with van der Waals surface area (Å²) in [5, 5.41) is 0.713. The summed E-state index contributed by atoms with van der Waals surface area (Å²) in [6.07, 6.45) is 0. The second-order valence-corrected chi connectivity index (χ2v) is 5.98. The Morgan fingerprint density at radius 2 is 1.93 bits per heavy atom. The SMILES string of the molecule is COC(=O)COc1ccc2oc(=O)c(-c3ccc4c(c3)OCO4)c(C)c2c1. The third kappa shape index (κ3) is 3.08. The number of hydrogen-bond acceptors (Lipinski definition) is 7. The Kier molecular flexibility index (Phi) is 4.19. The van der Waals surface area contributed by atoms with Crippen molar-refractivity contribution in [2.45, 2.75) is 6.92 Å². The highest BCUT2D eigenvalue weighted by Gasteiger charge is 2.19. The molecular formula is C20H16O7. The molecule has 0 amide bonds. The first kappa shape index (κ1) is 17.0. The van der Waals surface area contributed by atoms with Gasteiger partial charge in [0.15, 0.2) is 18.1 Å². The molecule has 0 radical (unpaired) electrons. The molecule has 0 spiro atoms. The lowest BCUT2D eigenvalue weighted by atomic mass is 9.99. The molecule has 7 heteroatoms. The predicted octanol–water partition coefficient (Wildman–Crippen LogP) is 3.05. The Morgan fingerprint density at radius 3 is 2.74 bits per heavy atom. The van der Waals surface area contributed by atoms with Crippen LogP contribution in [0.25, 0.3) is 22.1 Å². The zero-order valence-corrected chi connectivity index (χ0v) is 14.7. The van der Waals surface area contributed by atoms with Crippen molar-refractivity contribution in [3.05, 3.63) is 52.4 Å². The quantitative estimate of drug-likeness (QED) is 0.517. The number of carbonyl (C=O) groups excluding carboxylic acids is 1. The Balaban J connectivity index is 1.79. The lowest BCUT2D eigenvalue weighted by Gasteiger charge is -2.10. The van der Waals surface area contributed by atoms with Crippen LogP contribution in [0.5, 0.6) is 17.2 Å². The van der Waals surface area contributed by atoms with Crippen LogP contribution < -0.4 is 19.8 Å². The number of fused-ring (bicyclic) bond motifs is 2. The summed E-state index contributed by atoms with van der Waals surface area (Å²) in [5.41, 5.74) is 1.84. The van der Waals surface area contributed by atoms with Crippen LogP contribution in [0.3, 0.4) is 0 Å². The van der Waals surface area contributed by atoms with Crippen LogP contribution in [0.2, 0.25) is 0 Å². The van der Waals surface area contributed by atoms with E-state index in [-0.39, 0.29) is 13.4 Å². The smallest absolute Gasteiger partial charge is 0.344 e. The Morgan fingerprint density at radius 1 is 1.11 bits per heavy atom. The molecule has 0 unspecified atom stereocenters. The fourth-order valence-corrected chi connectivity index (χ4v) is 3.01. The topological polar surface area (TPSA) is 84.2 Å². The van der Waals surface area contributed by atoms with Crippen LogP contribution in [0.1, 0.15) is 5.56 Å². The largest absolute Gasteiger partial charge is 0.482 e. The van der Waals surface area contributed by atoms with Gasteiger partial charge >= 0.3 is 11.6 Å². The van der Waals surface area contributed by atoms with E-state index in [1.165, 1.54) is 7.11 Å². The molecule has 27 heavy (non-hydrogen) atoms. The van der Waals surface area contributed by atoms with E-state index >= 15 is 0 Å². The highest BCUT2D eigenvalue weighted by Crippen LogP contribution is 2.37. The molecular weight excluding hydrogens is 352 g/mol. The molecule has 0 bridgehead atoms. The first-order valence-electron chi connectivity index (χ1n) is 8.24. The molecule has 0 N–H and O–H groups in total.